The van der Waals surface area contributed by atoms with Crippen molar-refractivity contribution in [2.24, 2.45) is 0 Å². The van der Waals surface area contributed by atoms with E-state index in [1.54, 1.807) is 0 Å². The molecule has 0 saturated carbocycles. The molecule has 2 heterocycles. The summed E-state index contributed by atoms with van der Waals surface area (Å²) in [6.07, 6.45) is 1.66. The molecule has 0 radical (unpaired) electrons. The average Bonchev–Trinajstić information content (AvgIpc) is 2.36. The summed E-state index contributed by atoms with van der Waals surface area (Å²) in [5, 5.41) is 6.27. The Hall–Kier alpha value is -0.680. The van der Waals surface area contributed by atoms with Gasteiger partial charge in [-0.05, 0) is 39.0 Å². The zero-order chi connectivity index (χ0) is 10.3. The van der Waals surface area contributed by atoms with Gasteiger partial charge in [-0.15, -0.1) is 0 Å². The Balaban J connectivity index is 2.18. The number of carbonyl (C=O) groups excluding carboxylic acids is 1. The van der Waals surface area contributed by atoms with Crippen molar-refractivity contribution in [2.45, 2.75) is 31.3 Å². The van der Waals surface area contributed by atoms with Crippen LogP contribution in [0.3, 0.4) is 0 Å². The largest absolute Gasteiger partial charge is 0.348 e. The molecule has 2 rings (SSSR count). The summed E-state index contributed by atoms with van der Waals surface area (Å²) in [5.41, 5.74) is -0.428. The minimum Gasteiger partial charge on any atom is -0.348 e. The van der Waals surface area contributed by atoms with Crippen molar-refractivity contribution in [2.75, 3.05) is 13.6 Å². The molecule has 0 bridgehead atoms. The molecule has 2 fully saturated rings. The van der Waals surface area contributed by atoms with E-state index in [2.05, 4.69) is 29.5 Å². The maximum atomic E-state index is 11.7. The van der Waals surface area contributed by atoms with Gasteiger partial charge in [-0.25, -0.2) is 0 Å². The first-order valence-electron chi connectivity index (χ1n) is 4.87. The van der Waals surface area contributed by atoms with E-state index in [0.717, 1.165) is 19.4 Å². The minimum absolute atomic E-state index is 0.0439. The molecule has 2 saturated heterocycles. The van der Waals surface area contributed by atoms with Crippen LogP contribution in [-0.2, 0) is 4.79 Å². The summed E-state index contributed by atoms with van der Waals surface area (Å²) < 4.78 is 0. The number of likely N-dealkylation sites (tertiary alicyclic amines) is 1. The van der Waals surface area contributed by atoms with Gasteiger partial charge in [0, 0.05) is 12.6 Å². The smallest absolute Gasteiger partial charge is 0.251 e. The van der Waals surface area contributed by atoms with Gasteiger partial charge in [0.25, 0.3) is 5.91 Å². The van der Waals surface area contributed by atoms with Crippen LogP contribution < -0.4 is 10.6 Å². The lowest BCUT2D eigenvalue weighted by Crippen LogP contribution is -2.56. The third-order valence-electron chi connectivity index (χ3n) is 3.30. The fourth-order valence-corrected chi connectivity index (χ4v) is 2.49. The number of nitrogens with one attached hydrogen (secondary N) is 2. The molecule has 0 aromatic rings. The van der Waals surface area contributed by atoms with Gasteiger partial charge < -0.3 is 15.5 Å². The van der Waals surface area contributed by atoms with Crippen molar-refractivity contribution in [1.82, 2.24) is 15.5 Å². The predicted octanol–water partition coefficient (Wildman–Crippen LogP) is -0.156. The maximum Gasteiger partial charge on any atom is 0.251 e. The van der Waals surface area contributed by atoms with E-state index < -0.39 is 5.54 Å². The highest BCUT2D eigenvalue weighted by Crippen LogP contribution is 2.28. The molecule has 2 aliphatic heterocycles. The van der Waals surface area contributed by atoms with E-state index in [1.165, 1.54) is 0 Å². The zero-order valence-corrected chi connectivity index (χ0v) is 9.28. The third-order valence-corrected chi connectivity index (χ3v) is 3.51. The summed E-state index contributed by atoms with van der Waals surface area (Å²) in [6.45, 7) is 3.07. The number of carbonyl (C=O) groups is 1. The van der Waals surface area contributed by atoms with E-state index in [9.17, 15) is 4.79 Å². The van der Waals surface area contributed by atoms with Crippen molar-refractivity contribution >= 4 is 23.2 Å². The Bertz CT molecular complexity index is 294. The lowest BCUT2D eigenvalue weighted by atomic mass is 9.84. The van der Waals surface area contributed by atoms with Gasteiger partial charge in [0.2, 0.25) is 0 Å². The van der Waals surface area contributed by atoms with Crippen LogP contribution in [0.15, 0.2) is 0 Å². The average molecular weight is 213 g/mol. The van der Waals surface area contributed by atoms with Crippen LogP contribution in [0.25, 0.3) is 0 Å². The molecular weight excluding hydrogens is 198 g/mol. The van der Waals surface area contributed by atoms with Gasteiger partial charge in [0.1, 0.15) is 5.54 Å². The van der Waals surface area contributed by atoms with Crippen molar-refractivity contribution in [3.8, 4) is 0 Å². The number of thiocarbonyl (C=S) groups is 1. The molecule has 2 aliphatic rings. The topological polar surface area (TPSA) is 44.4 Å². The summed E-state index contributed by atoms with van der Waals surface area (Å²) in [5.74, 6) is 0.0439. The highest BCUT2D eigenvalue weighted by atomic mass is 32.1. The Morgan fingerprint density at radius 2 is 2.36 bits per heavy atom. The monoisotopic (exact) mass is 213 g/mol. The van der Waals surface area contributed by atoms with Crippen LogP contribution in [0.4, 0.5) is 0 Å². The molecule has 0 aromatic heterocycles. The Kier molecular flexibility index (Phi) is 2.23. The Morgan fingerprint density at radius 3 is 2.86 bits per heavy atom. The lowest BCUT2D eigenvalue weighted by molar-refractivity contribution is -0.126. The van der Waals surface area contributed by atoms with Gasteiger partial charge in [0.15, 0.2) is 5.11 Å². The van der Waals surface area contributed by atoms with Gasteiger partial charge in [-0.3, -0.25) is 4.79 Å². The molecular formula is C9H15N3OS. The Morgan fingerprint density at radius 1 is 1.64 bits per heavy atom. The zero-order valence-electron chi connectivity index (χ0n) is 8.46. The van der Waals surface area contributed by atoms with Crippen molar-refractivity contribution in [3.63, 3.8) is 0 Å². The fraction of sp³-hybridized carbons (Fsp3) is 0.778. The second-order valence-electron chi connectivity index (χ2n) is 4.27. The summed E-state index contributed by atoms with van der Waals surface area (Å²) in [7, 11) is 2.09. The summed E-state index contributed by atoms with van der Waals surface area (Å²) in [4.78, 5) is 14.0. The van der Waals surface area contributed by atoms with Crippen LogP contribution in [-0.4, -0.2) is 41.1 Å². The van der Waals surface area contributed by atoms with E-state index >= 15 is 0 Å². The van der Waals surface area contributed by atoms with Crippen molar-refractivity contribution in [1.29, 1.82) is 0 Å². The van der Waals surface area contributed by atoms with Crippen LogP contribution in [0, 0.1) is 0 Å². The molecule has 1 spiro atoms. The van der Waals surface area contributed by atoms with Gasteiger partial charge in [-0.2, -0.15) is 0 Å². The molecule has 4 nitrogen and oxygen atoms in total. The maximum absolute atomic E-state index is 11.7. The third kappa shape index (κ3) is 1.40. The molecule has 1 amide bonds. The molecule has 0 aliphatic carbocycles. The number of hydrogen-bond acceptors (Lipinski definition) is 3. The predicted molar refractivity (Wildman–Crippen MR) is 57.9 cm³/mol. The van der Waals surface area contributed by atoms with E-state index in [0.29, 0.717) is 11.2 Å². The van der Waals surface area contributed by atoms with Crippen molar-refractivity contribution < 1.29 is 4.79 Å². The molecule has 14 heavy (non-hydrogen) atoms. The number of piperidine rings is 1. The fourth-order valence-electron chi connectivity index (χ4n) is 2.20. The van der Waals surface area contributed by atoms with E-state index in [4.69, 9.17) is 12.2 Å². The number of amides is 1. The number of nitrogens with zero attached hydrogens (tertiary/aromatic N) is 1. The van der Waals surface area contributed by atoms with Crippen LogP contribution in [0.2, 0.25) is 0 Å². The normalized spacial score (nSPS) is 38.6. The van der Waals surface area contributed by atoms with Crippen LogP contribution in [0.5, 0.6) is 0 Å². The van der Waals surface area contributed by atoms with Crippen LogP contribution in [0.1, 0.15) is 19.8 Å². The highest BCUT2D eigenvalue weighted by Gasteiger charge is 2.47. The second-order valence-corrected chi connectivity index (χ2v) is 4.68. The van der Waals surface area contributed by atoms with Gasteiger partial charge in [0.05, 0.1) is 0 Å². The first-order chi connectivity index (χ1) is 6.53. The summed E-state index contributed by atoms with van der Waals surface area (Å²) in [6, 6.07) is 0.419. The number of hydrogen-bond donors (Lipinski definition) is 2. The van der Waals surface area contributed by atoms with Crippen molar-refractivity contribution in [3.05, 3.63) is 0 Å². The Labute approximate surface area is 89.0 Å². The molecule has 2 atom stereocenters. The van der Waals surface area contributed by atoms with E-state index in [1.807, 2.05) is 0 Å². The highest BCUT2D eigenvalue weighted by molar-refractivity contribution is 7.80. The lowest BCUT2D eigenvalue weighted by Gasteiger charge is -2.40. The second kappa shape index (κ2) is 3.17. The molecule has 78 valence electrons. The van der Waals surface area contributed by atoms with Gasteiger partial charge in [-0.1, -0.05) is 0 Å². The quantitative estimate of drug-likeness (QED) is 0.549. The molecule has 2 unspecified atom stereocenters. The van der Waals surface area contributed by atoms with Gasteiger partial charge >= 0.3 is 0 Å². The van der Waals surface area contributed by atoms with Crippen LogP contribution >= 0.6 is 12.2 Å². The minimum atomic E-state index is -0.428. The molecule has 0 aromatic carbocycles. The van der Waals surface area contributed by atoms with E-state index in [-0.39, 0.29) is 5.91 Å². The standard InChI is InChI=1S/C9H15N3OS/c1-6-5-9(3-4-12(6)2)7(13)10-8(14)11-9/h6H,3-5H2,1-2H3,(H2,10,11,13,14). The molecule has 5 heteroatoms. The molecule has 2 N–H and O–H groups in total. The first kappa shape index (κ1) is 9.86. The first-order valence-corrected chi connectivity index (χ1v) is 5.28. The SMILES string of the molecule is CC1CC2(CCN1C)NC(=S)NC2=O. The summed E-state index contributed by atoms with van der Waals surface area (Å²) >= 11 is 4.96. The number of rotatable bonds is 0.